The minimum Gasteiger partial charge on any atom is -0.497 e. The summed E-state index contributed by atoms with van der Waals surface area (Å²) in [6.07, 6.45) is 4.97. The summed E-state index contributed by atoms with van der Waals surface area (Å²) in [4.78, 5) is 6.94. The van der Waals surface area contributed by atoms with Crippen LogP contribution >= 0.6 is 0 Å². The van der Waals surface area contributed by atoms with Gasteiger partial charge in [-0.2, -0.15) is 0 Å². The summed E-state index contributed by atoms with van der Waals surface area (Å²) in [5.74, 6) is 2.37. The van der Waals surface area contributed by atoms with Crippen molar-refractivity contribution in [2.45, 2.75) is 38.3 Å². The highest BCUT2D eigenvalue weighted by Crippen LogP contribution is 2.42. The number of ether oxygens (including phenoxy) is 1. The predicted octanol–water partition coefficient (Wildman–Crippen LogP) is 3.40. The first kappa shape index (κ1) is 15.9. The molecule has 1 aromatic carbocycles. The van der Waals surface area contributed by atoms with Gasteiger partial charge in [-0.15, -0.1) is 0 Å². The predicted molar refractivity (Wildman–Crippen MR) is 95.1 cm³/mol. The maximum absolute atomic E-state index is 11.2. The van der Waals surface area contributed by atoms with Crippen LogP contribution in [0.1, 0.15) is 37.9 Å². The smallest absolute Gasteiger partial charge is 0.119 e. The van der Waals surface area contributed by atoms with Crippen molar-refractivity contribution in [2.75, 3.05) is 20.2 Å². The van der Waals surface area contributed by atoms with Crippen LogP contribution in [0.3, 0.4) is 0 Å². The minimum absolute atomic E-state index is 0.225. The monoisotopic (exact) mass is 326 g/mol. The van der Waals surface area contributed by atoms with Crippen LogP contribution in [0.5, 0.6) is 5.75 Å². The molecule has 4 heterocycles. The summed E-state index contributed by atoms with van der Waals surface area (Å²) in [5, 5.41) is 12.2. The van der Waals surface area contributed by atoms with E-state index in [0.717, 1.165) is 53.6 Å². The van der Waals surface area contributed by atoms with Gasteiger partial charge >= 0.3 is 0 Å². The van der Waals surface area contributed by atoms with E-state index in [-0.39, 0.29) is 6.04 Å². The second-order valence-electron chi connectivity index (χ2n) is 7.24. The normalized spacial score (nSPS) is 30.5. The van der Waals surface area contributed by atoms with Gasteiger partial charge in [-0.3, -0.25) is 9.88 Å². The van der Waals surface area contributed by atoms with Gasteiger partial charge < -0.3 is 9.84 Å². The van der Waals surface area contributed by atoms with Crippen LogP contribution in [0.4, 0.5) is 0 Å². The summed E-state index contributed by atoms with van der Waals surface area (Å²) in [6, 6.07) is 8.07. The van der Waals surface area contributed by atoms with Gasteiger partial charge in [0.1, 0.15) is 5.75 Å². The Bertz CT molecular complexity index is 733. The van der Waals surface area contributed by atoms with Gasteiger partial charge in [-0.25, -0.2) is 0 Å². The van der Waals surface area contributed by atoms with Crippen LogP contribution in [-0.2, 0) is 0 Å². The van der Waals surface area contributed by atoms with Crippen molar-refractivity contribution >= 4 is 10.9 Å². The number of pyridine rings is 1. The Morgan fingerprint density at radius 2 is 2.25 bits per heavy atom. The largest absolute Gasteiger partial charge is 0.497 e. The Morgan fingerprint density at radius 1 is 1.38 bits per heavy atom. The van der Waals surface area contributed by atoms with Gasteiger partial charge in [-0.05, 0) is 61.1 Å². The highest BCUT2D eigenvalue weighted by molar-refractivity contribution is 5.83. The topological polar surface area (TPSA) is 45.6 Å². The first-order valence-electron chi connectivity index (χ1n) is 9.06. The van der Waals surface area contributed by atoms with Gasteiger partial charge in [0.05, 0.1) is 18.7 Å². The zero-order chi connectivity index (χ0) is 16.7. The Morgan fingerprint density at radius 3 is 2.96 bits per heavy atom. The minimum atomic E-state index is -0.469. The molecule has 0 radical (unpaired) electrons. The Balaban J connectivity index is 1.68. The van der Waals surface area contributed by atoms with E-state index in [1.54, 1.807) is 13.3 Å². The third-order valence-corrected chi connectivity index (χ3v) is 6.13. The molecule has 4 nitrogen and oxygen atoms in total. The summed E-state index contributed by atoms with van der Waals surface area (Å²) in [7, 11) is 1.67. The van der Waals surface area contributed by atoms with Crippen LogP contribution in [0.2, 0.25) is 0 Å². The molecule has 3 fully saturated rings. The van der Waals surface area contributed by atoms with Crippen LogP contribution in [0.25, 0.3) is 10.9 Å². The van der Waals surface area contributed by atoms with E-state index in [4.69, 9.17) is 4.74 Å². The SMILES string of the molecule is CC[C@H]1CN2CCC1CC2[C@H](O)c1ccnc2ccc(OC)cc12. The van der Waals surface area contributed by atoms with E-state index in [0.29, 0.717) is 0 Å². The first-order chi connectivity index (χ1) is 11.7. The van der Waals surface area contributed by atoms with E-state index in [1.807, 2.05) is 24.3 Å². The number of benzene rings is 1. The van der Waals surface area contributed by atoms with Crippen molar-refractivity contribution < 1.29 is 9.84 Å². The lowest BCUT2D eigenvalue weighted by Gasteiger charge is -2.51. The molecule has 5 atom stereocenters. The number of nitrogens with zero attached hydrogens (tertiary/aromatic N) is 2. The Kier molecular flexibility index (Phi) is 4.19. The molecule has 0 saturated carbocycles. The maximum Gasteiger partial charge on any atom is 0.119 e. The van der Waals surface area contributed by atoms with Crippen molar-refractivity contribution in [3.8, 4) is 5.75 Å². The average molecular weight is 326 g/mol. The van der Waals surface area contributed by atoms with Gasteiger partial charge in [0, 0.05) is 24.2 Å². The fourth-order valence-corrected chi connectivity index (χ4v) is 4.71. The summed E-state index contributed by atoms with van der Waals surface area (Å²) in [5.41, 5.74) is 1.89. The molecule has 5 rings (SSSR count). The third-order valence-electron chi connectivity index (χ3n) is 6.13. The van der Waals surface area contributed by atoms with E-state index < -0.39 is 6.10 Å². The molecule has 3 saturated heterocycles. The summed E-state index contributed by atoms with van der Waals surface area (Å²) >= 11 is 0. The zero-order valence-corrected chi connectivity index (χ0v) is 14.5. The molecule has 2 bridgehead atoms. The number of hydrogen-bond acceptors (Lipinski definition) is 4. The third kappa shape index (κ3) is 2.58. The molecular weight excluding hydrogens is 300 g/mol. The van der Waals surface area contributed by atoms with Crippen LogP contribution in [0, 0.1) is 11.8 Å². The Labute approximate surface area is 143 Å². The molecular formula is C20H26N2O2. The fourth-order valence-electron chi connectivity index (χ4n) is 4.71. The number of piperidine rings is 3. The molecule has 3 aliphatic rings. The molecule has 3 aliphatic heterocycles. The lowest BCUT2D eigenvalue weighted by molar-refractivity contribution is -0.0562. The van der Waals surface area contributed by atoms with E-state index in [1.165, 1.54) is 12.8 Å². The number of aromatic nitrogens is 1. The number of aliphatic hydroxyl groups excluding tert-OH is 1. The quantitative estimate of drug-likeness (QED) is 0.935. The van der Waals surface area contributed by atoms with Gasteiger partial charge in [0.2, 0.25) is 0 Å². The van der Waals surface area contributed by atoms with Crippen molar-refractivity contribution in [3.05, 3.63) is 36.0 Å². The van der Waals surface area contributed by atoms with Crippen molar-refractivity contribution in [2.24, 2.45) is 11.8 Å². The zero-order valence-electron chi connectivity index (χ0n) is 14.5. The van der Waals surface area contributed by atoms with Crippen LogP contribution < -0.4 is 4.74 Å². The van der Waals surface area contributed by atoms with E-state index in [9.17, 15) is 5.11 Å². The number of rotatable bonds is 4. The molecule has 1 aromatic heterocycles. The molecule has 24 heavy (non-hydrogen) atoms. The molecule has 1 N–H and O–H groups in total. The lowest BCUT2D eigenvalue weighted by atomic mass is 9.72. The molecule has 4 heteroatoms. The lowest BCUT2D eigenvalue weighted by Crippen LogP contribution is -2.55. The van der Waals surface area contributed by atoms with E-state index >= 15 is 0 Å². The molecule has 0 amide bonds. The van der Waals surface area contributed by atoms with Crippen molar-refractivity contribution in [1.82, 2.24) is 9.88 Å². The fraction of sp³-hybridized carbons (Fsp3) is 0.550. The number of hydrogen-bond donors (Lipinski definition) is 1. The maximum atomic E-state index is 11.2. The first-order valence-corrected chi connectivity index (χ1v) is 9.06. The number of aliphatic hydroxyl groups is 1. The molecule has 3 unspecified atom stereocenters. The number of fused-ring (bicyclic) bond motifs is 4. The van der Waals surface area contributed by atoms with Gasteiger partial charge in [0.25, 0.3) is 0 Å². The van der Waals surface area contributed by atoms with Gasteiger partial charge in [0.15, 0.2) is 0 Å². The van der Waals surface area contributed by atoms with E-state index in [2.05, 4.69) is 16.8 Å². The van der Waals surface area contributed by atoms with Crippen LogP contribution in [0.15, 0.2) is 30.5 Å². The Hall–Kier alpha value is -1.65. The second kappa shape index (κ2) is 6.34. The van der Waals surface area contributed by atoms with Crippen LogP contribution in [-0.4, -0.2) is 41.2 Å². The highest BCUT2D eigenvalue weighted by Gasteiger charge is 2.42. The second-order valence-corrected chi connectivity index (χ2v) is 7.24. The van der Waals surface area contributed by atoms with Gasteiger partial charge in [-0.1, -0.05) is 13.3 Å². The standard InChI is InChI=1S/C20H26N2O2/c1-3-13-12-22-9-7-14(13)10-19(22)20(23)16-6-8-21-18-5-4-15(24-2)11-17(16)18/h4-6,8,11,13-14,19-20,23H,3,7,9-10,12H2,1-2H3/t13-,14?,19?,20+/m0/s1. The summed E-state index contributed by atoms with van der Waals surface area (Å²) in [6.45, 7) is 4.55. The molecule has 0 aliphatic carbocycles. The highest BCUT2D eigenvalue weighted by atomic mass is 16.5. The van der Waals surface area contributed by atoms with Crippen molar-refractivity contribution in [1.29, 1.82) is 0 Å². The average Bonchev–Trinajstić information content (AvgIpc) is 2.66. The van der Waals surface area contributed by atoms with Crippen molar-refractivity contribution in [3.63, 3.8) is 0 Å². The molecule has 2 aromatic rings. The molecule has 128 valence electrons. The number of methoxy groups -OCH3 is 1. The summed E-state index contributed by atoms with van der Waals surface area (Å²) < 4.78 is 5.36. The molecule has 0 spiro atoms.